The van der Waals surface area contributed by atoms with Crippen LogP contribution in [0.4, 0.5) is 0 Å². The SMILES string of the molecule is C=COCC1CCC(COC=C)CC1.C=COCCCCCCCCCCCC.C=COCCOCCO.C=COCCOCCOC=C.C=COCCOCCOCCOC=C. The van der Waals surface area contributed by atoms with Gasteiger partial charge >= 0.3 is 0 Å². The summed E-state index contributed by atoms with van der Waals surface area (Å²) >= 11 is 0. The second-order valence-corrected chi connectivity index (χ2v) is 13.5. The molecule has 0 bridgehead atoms. The lowest BCUT2D eigenvalue weighted by Crippen LogP contribution is -2.20. The van der Waals surface area contributed by atoms with Crippen LogP contribution >= 0.6 is 0 Å². The van der Waals surface area contributed by atoms with Crippen LogP contribution in [0.15, 0.2) is 103 Å². The van der Waals surface area contributed by atoms with E-state index in [-0.39, 0.29) is 6.61 Å². The molecule has 1 saturated carbocycles. The topological polar surface area (TPSA) is 131 Å². The molecule has 0 spiro atoms. The Bertz CT molecular complexity index is 878. The van der Waals surface area contributed by atoms with Crippen molar-refractivity contribution < 1.29 is 61.9 Å². The highest BCUT2D eigenvalue weighted by Crippen LogP contribution is 2.29. The van der Waals surface area contributed by atoms with E-state index in [9.17, 15) is 0 Å². The molecule has 13 nitrogen and oxygen atoms in total. The summed E-state index contributed by atoms with van der Waals surface area (Å²) in [4.78, 5) is 0. The van der Waals surface area contributed by atoms with Crippen LogP contribution in [0.5, 0.6) is 0 Å². The van der Waals surface area contributed by atoms with Gasteiger partial charge < -0.3 is 61.9 Å². The first kappa shape index (κ1) is 65.7. The van der Waals surface area contributed by atoms with Gasteiger partial charge in [-0.2, -0.15) is 0 Å². The Hall–Kier alpha value is -3.88. The first-order chi connectivity index (χ1) is 31.0. The zero-order valence-corrected chi connectivity index (χ0v) is 39.7. The van der Waals surface area contributed by atoms with Gasteiger partial charge in [-0.1, -0.05) is 117 Å². The van der Waals surface area contributed by atoms with Gasteiger partial charge in [0.05, 0.1) is 129 Å². The third kappa shape index (κ3) is 70.0. The van der Waals surface area contributed by atoms with E-state index in [1.54, 1.807) is 0 Å². The molecule has 0 aromatic heterocycles. The Morgan fingerprint density at radius 1 is 0.333 bits per heavy atom. The largest absolute Gasteiger partial charge is 0.502 e. The third-order valence-corrected chi connectivity index (χ3v) is 8.52. The van der Waals surface area contributed by atoms with Crippen molar-refractivity contribution in [1.29, 1.82) is 0 Å². The lowest BCUT2D eigenvalue weighted by Gasteiger charge is -2.27. The maximum Gasteiger partial charge on any atom is 0.111 e. The molecule has 370 valence electrons. The molecule has 0 aromatic carbocycles. The Labute approximate surface area is 384 Å². The zero-order valence-electron chi connectivity index (χ0n) is 39.7. The molecule has 1 fully saturated rings. The van der Waals surface area contributed by atoms with Gasteiger partial charge in [-0.05, 0) is 43.9 Å². The van der Waals surface area contributed by atoms with Crippen LogP contribution in [0.1, 0.15) is 96.8 Å². The first-order valence-corrected chi connectivity index (χ1v) is 22.7. The maximum absolute atomic E-state index is 8.24. The quantitative estimate of drug-likeness (QED) is 0.0460. The van der Waals surface area contributed by atoms with E-state index in [2.05, 4.69) is 59.6 Å². The minimum Gasteiger partial charge on any atom is -0.502 e. The van der Waals surface area contributed by atoms with Crippen LogP contribution in [-0.4, -0.2) is 117 Å². The molecule has 1 rings (SSSR count). The van der Waals surface area contributed by atoms with Gasteiger partial charge in [-0.25, -0.2) is 0 Å². The minimum atomic E-state index is 0.0636. The van der Waals surface area contributed by atoms with Gasteiger partial charge in [0.25, 0.3) is 0 Å². The van der Waals surface area contributed by atoms with Crippen LogP contribution in [0.2, 0.25) is 0 Å². The lowest BCUT2D eigenvalue weighted by molar-refractivity contribution is 0.0186. The second kappa shape index (κ2) is 67.2. The number of ether oxygens (including phenoxy) is 12. The average Bonchev–Trinajstić information content (AvgIpc) is 3.31. The predicted octanol–water partition coefficient (Wildman–Crippen LogP) is 11.0. The van der Waals surface area contributed by atoms with E-state index in [4.69, 9.17) is 61.9 Å². The van der Waals surface area contributed by atoms with E-state index >= 15 is 0 Å². The van der Waals surface area contributed by atoms with Crippen molar-refractivity contribution >= 4 is 0 Å². The number of unbranched alkanes of at least 4 members (excludes halogenated alkanes) is 9. The molecule has 0 saturated heterocycles. The highest BCUT2D eigenvalue weighted by atomic mass is 16.6. The Morgan fingerprint density at radius 3 is 0.873 bits per heavy atom. The molecule has 13 heteroatoms. The average molecular weight is 901 g/mol. The van der Waals surface area contributed by atoms with E-state index in [0.29, 0.717) is 97.7 Å². The molecule has 0 unspecified atom stereocenters. The fourth-order valence-corrected chi connectivity index (χ4v) is 5.27. The zero-order chi connectivity index (χ0) is 47.2. The van der Waals surface area contributed by atoms with Crippen molar-refractivity contribution in [3.05, 3.63) is 103 Å². The molecule has 1 N–H and O–H groups in total. The smallest absolute Gasteiger partial charge is 0.111 e. The summed E-state index contributed by atoms with van der Waals surface area (Å²) in [6.07, 6.45) is 30.3. The summed E-state index contributed by atoms with van der Waals surface area (Å²) in [6, 6.07) is 0. The van der Waals surface area contributed by atoms with Crippen molar-refractivity contribution in [2.24, 2.45) is 11.8 Å². The van der Waals surface area contributed by atoms with E-state index in [1.165, 1.54) is 140 Å². The summed E-state index contributed by atoms with van der Waals surface area (Å²) in [5.74, 6) is 1.43. The van der Waals surface area contributed by atoms with Crippen LogP contribution in [0.25, 0.3) is 0 Å². The van der Waals surface area contributed by atoms with E-state index in [0.717, 1.165) is 19.8 Å². The molecular formula is C50H92O13. The van der Waals surface area contributed by atoms with E-state index in [1.807, 2.05) is 0 Å². The monoisotopic (exact) mass is 901 g/mol. The predicted molar refractivity (Wildman–Crippen MR) is 257 cm³/mol. The second-order valence-electron chi connectivity index (χ2n) is 13.5. The van der Waals surface area contributed by atoms with Gasteiger partial charge in [-0.15, -0.1) is 0 Å². The molecule has 0 heterocycles. The highest BCUT2D eigenvalue weighted by Gasteiger charge is 2.21. The summed E-state index contributed by atoms with van der Waals surface area (Å²) < 4.78 is 59.9. The van der Waals surface area contributed by atoms with E-state index < -0.39 is 0 Å². The molecule has 0 aliphatic heterocycles. The highest BCUT2D eigenvalue weighted by molar-refractivity contribution is 4.73. The van der Waals surface area contributed by atoms with Gasteiger partial charge in [0.1, 0.15) is 33.0 Å². The lowest BCUT2D eigenvalue weighted by atomic mass is 9.83. The van der Waals surface area contributed by atoms with Crippen LogP contribution in [0.3, 0.4) is 0 Å². The van der Waals surface area contributed by atoms with Crippen molar-refractivity contribution in [2.45, 2.75) is 96.8 Å². The fourth-order valence-electron chi connectivity index (χ4n) is 5.27. The van der Waals surface area contributed by atoms with Crippen molar-refractivity contribution in [2.75, 3.05) is 112 Å². The van der Waals surface area contributed by atoms with Gasteiger partial charge in [0, 0.05) is 0 Å². The first-order valence-electron chi connectivity index (χ1n) is 22.7. The molecule has 63 heavy (non-hydrogen) atoms. The van der Waals surface area contributed by atoms with Crippen LogP contribution in [0, 0.1) is 11.8 Å². The molecule has 1 aliphatic rings. The Balaban J connectivity index is -0.000000349. The van der Waals surface area contributed by atoms with Crippen molar-refractivity contribution in [1.82, 2.24) is 0 Å². The Kier molecular flexibility index (Phi) is 70.1. The summed E-state index contributed by atoms with van der Waals surface area (Å²) in [6.45, 7) is 39.3. The summed E-state index contributed by atoms with van der Waals surface area (Å²) in [5.41, 5.74) is 0. The summed E-state index contributed by atoms with van der Waals surface area (Å²) in [5, 5.41) is 8.24. The van der Waals surface area contributed by atoms with Gasteiger partial charge in [0.2, 0.25) is 0 Å². The number of aliphatic hydroxyl groups excluding tert-OH is 1. The molecule has 0 atom stereocenters. The van der Waals surface area contributed by atoms with Gasteiger partial charge in [-0.3, -0.25) is 0 Å². The Morgan fingerprint density at radius 2 is 0.587 bits per heavy atom. The minimum absolute atomic E-state index is 0.0636. The maximum atomic E-state index is 8.24. The number of rotatable bonds is 43. The number of hydrogen-bond donors (Lipinski definition) is 1. The molecule has 0 amide bonds. The number of aliphatic hydroxyl groups is 1. The van der Waals surface area contributed by atoms with Crippen LogP contribution in [-0.2, 0) is 56.8 Å². The molecule has 1 aliphatic carbocycles. The van der Waals surface area contributed by atoms with Crippen LogP contribution < -0.4 is 0 Å². The molecular weight excluding hydrogens is 809 g/mol. The third-order valence-electron chi connectivity index (χ3n) is 8.52. The fraction of sp³-hybridized carbons (Fsp3) is 0.680. The van der Waals surface area contributed by atoms with Gasteiger partial charge in [0.15, 0.2) is 0 Å². The molecule has 0 radical (unpaired) electrons. The normalized spacial score (nSPS) is 13.2. The van der Waals surface area contributed by atoms with Crippen molar-refractivity contribution in [3.8, 4) is 0 Å². The summed E-state index contributed by atoms with van der Waals surface area (Å²) in [7, 11) is 0. The molecule has 0 aromatic rings. The standard InChI is InChI=1S/C14H28O.C12H20O2.C10H18O4.C8H14O3.C6H12O3/c1-3-5-6-7-8-9-10-11-12-13-14-15-4-2;1-3-13-9-11-5-7-12(8-6-11)10-14-4-2;1-3-11-5-7-13-9-10-14-8-6-12-4-2;1-3-9-5-7-11-8-6-10-4-2;1-2-8-5-6-9-4-3-7/h4H,2-3,5-14H2,1H3;3-4,11-12H,1-2,5-10H2;3-4H,1-2,5-10H2;3-4H,1-2,5-8H2;2,7H,1,3-6H2. The van der Waals surface area contributed by atoms with Crippen molar-refractivity contribution in [3.63, 3.8) is 0 Å². The number of hydrogen-bond acceptors (Lipinski definition) is 13.